The standard InChI is InChI=1S/C16H14BF2NO3/c1-11(21)20-13-7-9-16(23-17(18)19)14(10-13)15(22)8-6-12-4-2-3-5-12/h2-10,22H,1H3,(H,20,21). The highest BCUT2D eigenvalue weighted by Crippen LogP contribution is 2.29. The number of anilines is 1. The van der Waals surface area contributed by atoms with Crippen LogP contribution in [0.1, 0.15) is 12.5 Å². The summed E-state index contributed by atoms with van der Waals surface area (Å²) in [6.45, 7) is 1.32. The van der Waals surface area contributed by atoms with E-state index in [-0.39, 0.29) is 23.0 Å². The first-order valence-electron chi connectivity index (χ1n) is 6.78. The highest BCUT2D eigenvalue weighted by atomic mass is 19.2. The van der Waals surface area contributed by atoms with Crippen molar-refractivity contribution < 1.29 is 23.2 Å². The second-order valence-electron chi connectivity index (χ2n) is 4.71. The monoisotopic (exact) mass is 317 g/mol. The van der Waals surface area contributed by atoms with E-state index in [1.165, 1.54) is 31.2 Å². The van der Waals surface area contributed by atoms with Crippen LogP contribution in [0, 0.1) is 0 Å². The lowest BCUT2D eigenvalue weighted by molar-refractivity contribution is -0.114. The van der Waals surface area contributed by atoms with E-state index < -0.39 is 7.47 Å². The maximum atomic E-state index is 12.5. The van der Waals surface area contributed by atoms with Crippen LogP contribution in [0.3, 0.4) is 0 Å². The van der Waals surface area contributed by atoms with E-state index >= 15 is 0 Å². The molecule has 7 heteroatoms. The average molecular weight is 317 g/mol. The number of allylic oxidation sites excluding steroid dienone is 7. The van der Waals surface area contributed by atoms with Gasteiger partial charge in [-0.15, -0.1) is 0 Å². The Morgan fingerprint density at radius 1 is 1.30 bits per heavy atom. The van der Waals surface area contributed by atoms with Gasteiger partial charge < -0.3 is 15.1 Å². The third kappa shape index (κ3) is 4.84. The summed E-state index contributed by atoms with van der Waals surface area (Å²) < 4.78 is 29.4. The number of halogens is 2. The van der Waals surface area contributed by atoms with Crippen LogP contribution in [0.2, 0.25) is 0 Å². The molecule has 1 aromatic carbocycles. The predicted molar refractivity (Wildman–Crippen MR) is 86.3 cm³/mol. The Balaban J connectivity index is 2.36. The summed E-state index contributed by atoms with van der Waals surface area (Å²) in [7, 11) is -3.02. The van der Waals surface area contributed by atoms with Crippen LogP contribution >= 0.6 is 0 Å². The van der Waals surface area contributed by atoms with Crippen LogP contribution < -0.4 is 9.97 Å². The lowest BCUT2D eigenvalue weighted by atomic mass is 10.1. The van der Waals surface area contributed by atoms with Crippen LogP contribution in [0.4, 0.5) is 14.3 Å². The minimum Gasteiger partial charge on any atom is -0.507 e. The zero-order valence-electron chi connectivity index (χ0n) is 12.3. The van der Waals surface area contributed by atoms with Gasteiger partial charge >= 0.3 is 7.47 Å². The topological polar surface area (TPSA) is 58.6 Å². The maximum Gasteiger partial charge on any atom is 0.796 e. The van der Waals surface area contributed by atoms with E-state index in [0.29, 0.717) is 5.69 Å². The van der Waals surface area contributed by atoms with Gasteiger partial charge in [-0.3, -0.25) is 4.79 Å². The highest BCUT2D eigenvalue weighted by molar-refractivity contribution is 6.35. The van der Waals surface area contributed by atoms with Crippen LogP contribution in [0.25, 0.3) is 5.76 Å². The molecule has 0 radical (unpaired) electrons. The normalized spacial score (nSPS) is 13.2. The average Bonchev–Trinajstić information content (AvgIpc) is 2.98. The second kappa shape index (κ2) is 7.44. The molecule has 118 valence electrons. The molecule has 0 unspecified atom stereocenters. The molecule has 4 nitrogen and oxygen atoms in total. The summed E-state index contributed by atoms with van der Waals surface area (Å²) in [6, 6.07) is 4.04. The molecule has 0 atom stereocenters. The van der Waals surface area contributed by atoms with Gasteiger partial charge in [0.15, 0.2) is 0 Å². The Bertz CT molecular complexity index is 710. The van der Waals surface area contributed by atoms with Crippen molar-refractivity contribution in [2.75, 3.05) is 5.32 Å². The van der Waals surface area contributed by atoms with Crippen LogP contribution in [-0.4, -0.2) is 18.5 Å². The molecule has 1 amide bonds. The number of nitrogens with one attached hydrogen (secondary N) is 1. The molecular formula is C16H14BF2NO3. The fourth-order valence-electron chi connectivity index (χ4n) is 1.97. The maximum absolute atomic E-state index is 12.5. The smallest absolute Gasteiger partial charge is 0.507 e. The fraction of sp³-hybridized carbons (Fsp3) is 0.0625. The van der Waals surface area contributed by atoms with Crippen molar-refractivity contribution in [3.8, 4) is 5.75 Å². The van der Waals surface area contributed by atoms with E-state index in [0.717, 1.165) is 5.57 Å². The number of amides is 1. The van der Waals surface area contributed by atoms with Gasteiger partial charge in [-0.1, -0.05) is 30.4 Å². The minimum absolute atomic E-state index is 0.0550. The van der Waals surface area contributed by atoms with E-state index in [1.807, 2.05) is 24.3 Å². The van der Waals surface area contributed by atoms with E-state index in [4.69, 9.17) is 0 Å². The minimum atomic E-state index is -3.02. The summed E-state index contributed by atoms with van der Waals surface area (Å²) in [5, 5.41) is 12.7. The molecule has 1 aliphatic carbocycles. The third-order valence-corrected chi connectivity index (χ3v) is 2.91. The Labute approximate surface area is 132 Å². The van der Waals surface area contributed by atoms with Crippen molar-refractivity contribution in [1.29, 1.82) is 0 Å². The Hall–Kier alpha value is -2.83. The number of hydrogen-bond acceptors (Lipinski definition) is 3. The van der Waals surface area contributed by atoms with Crippen molar-refractivity contribution in [3.63, 3.8) is 0 Å². The van der Waals surface area contributed by atoms with Crippen LogP contribution in [0.15, 0.2) is 60.2 Å². The van der Waals surface area contributed by atoms with Gasteiger partial charge in [-0.05, 0) is 29.8 Å². The van der Waals surface area contributed by atoms with Crippen molar-refractivity contribution in [2.24, 2.45) is 0 Å². The number of carbonyl (C=O) groups excluding carboxylic acids is 1. The van der Waals surface area contributed by atoms with E-state index in [2.05, 4.69) is 9.97 Å². The Kier molecular flexibility index (Phi) is 5.35. The quantitative estimate of drug-likeness (QED) is 0.640. The molecule has 0 aliphatic heterocycles. The molecule has 0 bridgehead atoms. The number of benzene rings is 1. The van der Waals surface area contributed by atoms with Crippen LogP contribution in [-0.2, 0) is 4.79 Å². The first-order chi connectivity index (χ1) is 11.0. The molecule has 1 aromatic rings. The summed E-state index contributed by atoms with van der Waals surface area (Å²) in [6.07, 6.45) is 10.3. The molecule has 0 heterocycles. The van der Waals surface area contributed by atoms with Crippen molar-refractivity contribution >= 4 is 24.8 Å². The molecule has 0 aromatic heterocycles. The molecule has 0 spiro atoms. The van der Waals surface area contributed by atoms with Gasteiger partial charge in [-0.2, -0.15) is 0 Å². The zero-order chi connectivity index (χ0) is 16.8. The molecule has 2 rings (SSSR count). The number of aliphatic hydroxyl groups is 1. The number of aliphatic hydroxyl groups excluding tert-OH is 1. The molecule has 0 saturated carbocycles. The fourth-order valence-corrected chi connectivity index (χ4v) is 1.97. The number of carbonyl (C=O) groups is 1. The van der Waals surface area contributed by atoms with Gasteiger partial charge in [0.1, 0.15) is 11.5 Å². The van der Waals surface area contributed by atoms with Crippen molar-refractivity contribution in [1.82, 2.24) is 0 Å². The summed E-state index contributed by atoms with van der Waals surface area (Å²) in [4.78, 5) is 11.1. The SMILES string of the molecule is CC(=O)Nc1ccc(OB(F)F)c(C(O)=CC=C2C=CC=C2)c1. The van der Waals surface area contributed by atoms with E-state index in [9.17, 15) is 18.5 Å². The second-order valence-corrected chi connectivity index (χ2v) is 4.71. The van der Waals surface area contributed by atoms with Crippen molar-refractivity contribution in [3.05, 3.63) is 65.8 Å². The summed E-state index contributed by atoms with van der Waals surface area (Å²) in [5.41, 5.74) is 1.27. The van der Waals surface area contributed by atoms with Gasteiger partial charge in [0.2, 0.25) is 5.91 Å². The predicted octanol–water partition coefficient (Wildman–Crippen LogP) is 3.90. The molecule has 0 fully saturated rings. The molecule has 1 aliphatic rings. The molecule has 2 N–H and O–H groups in total. The highest BCUT2D eigenvalue weighted by Gasteiger charge is 2.21. The largest absolute Gasteiger partial charge is 0.796 e. The lowest BCUT2D eigenvalue weighted by Gasteiger charge is -2.11. The Morgan fingerprint density at radius 2 is 2.00 bits per heavy atom. The number of hydrogen-bond donors (Lipinski definition) is 2. The Morgan fingerprint density at radius 3 is 2.61 bits per heavy atom. The van der Waals surface area contributed by atoms with Crippen LogP contribution in [0.5, 0.6) is 5.75 Å². The van der Waals surface area contributed by atoms with Gasteiger partial charge in [0.25, 0.3) is 0 Å². The first-order valence-corrected chi connectivity index (χ1v) is 6.78. The number of rotatable bonds is 5. The van der Waals surface area contributed by atoms with Gasteiger partial charge in [-0.25, -0.2) is 8.63 Å². The summed E-state index contributed by atoms with van der Waals surface area (Å²) >= 11 is 0. The summed E-state index contributed by atoms with van der Waals surface area (Å²) in [5.74, 6) is -0.752. The lowest BCUT2D eigenvalue weighted by Crippen LogP contribution is -2.11. The van der Waals surface area contributed by atoms with Gasteiger partial charge in [0.05, 0.1) is 5.56 Å². The van der Waals surface area contributed by atoms with Gasteiger partial charge in [0, 0.05) is 12.6 Å². The van der Waals surface area contributed by atoms with Crippen molar-refractivity contribution in [2.45, 2.75) is 6.92 Å². The molecule has 23 heavy (non-hydrogen) atoms. The molecule has 0 saturated heterocycles. The first kappa shape index (κ1) is 16.5. The third-order valence-electron chi connectivity index (χ3n) is 2.91. The molecular weight excluding hydrogens is 303 g/mol. The zero-order valence-corrected chi connectivity index (χ0v) is 12.3. The van der Waals surface area contributed by atoms with E-state index in [1.54, 1.807) is 6.08 Å².